The number of aromatic nitrogens is 2. The van der Waals surface area contributed by atoms with Crippen molar-refractivity contribution in [3.05, 3.63) is 16.3 Å². The van der Waals surface area contributed by atoms with Gasteiger partial charge in [0.05, 0.1) is 10.3 Å². The lowest BCUT2D eigenvalue weighted by molar-refractivity contribution is 0.0701. The molecule has 2 aliphatic rings. The van der Waals surface area contributed by atoms with Crippen LogP contribution in [0.15, 0.2) is 0 Å². The Bertz CT molecular complexity index is 845. The van der Waals surface area contributed by atoms with Crippen molar-refractivity contribution < 1.29 is 4.79 Å². The van der Waals surface area contributed by atoms with E-state index in [1.165, 1.54) is 12.8 Å². The van der Waals surface area contributed by atoms with Gasteiger partial charge in [-0.25, -0.2) is 9.97 Å². The molecular weight excluding hydrogens is 356 g/mol. The summed E-state index contributed by atoms with van der Waals surface area (Å²) in [5.41, 5.74) is 1.06. The van der Waals surface area contributed by atoms with E-state index in [9.17, 15) is 4.79 Å². The molecular formula is C21H30N4OS. The molecule has 2 aromatic heterocycles. The molecule has 146 valence electrons. The summed E-state index contributed by atoms with van der Waals surface area (Å²) < 4.78 is 0. The maximum Gasteiger partial charge on any atom is 0.264 e. The second kappa shape index (κ2) is 7.38. The average molecular weight is 387 g/mol. The Kier molecular flexibility index (Phi) is 5.10. The standard InChI is InChI=1S/C21H30N4OS/c1-13-5-9-24(10-6-13)19-17-15(3)18(27-20(17)23-16(4)22-19)21(26)25-11-7-14(2)8-12-25/h13-14H,5-12H2,1-4H3. The molecule has 4 heterocycles. The maximum absolute atomic E-state index is 13.2. The van der Waals surface area contributed by atoms with Crippen LogP contribution in [0, 0.1) is 25.7 Å². The molecule has 0 unspecified atom stereocenters. The summed E-state index contributed by atoms with van der Waals surface area (Å²) in [6.07, 6.45) is 4.61. The number of carbonyl (C=O) groups excluding carboxylic acids is 1. The second-order valence-electron chi connectivity index (χ2n) is 8.48. The van der Waals surface area contributed by atoms with Gasteiger partial charge in [0.25, 0.3) is 5.91 Å². The zero-order chi connectivity index (χ0) is 19.1. The van der Waals surface area contributed by atoms with Crippen LogP contribution in [0.2, 0.25) is 0 Å². The molecule has 0 atom stereocenters. The molecule has 2 aliphatic heterocycles. The molecule has 1 amide bonds. The highest BCUT2D eigenvalue weighted by atomic mass is 32.1. The van der Waals surface area contributed by atoms with Crippen molar-refractivity contribution in [3.8, 4) is 0 Å². The lowest BCUT2D eigenvalue weighted by Gasteiger charge is -2.32. The van der Waals surface area contributed by atoms with Gasteiger partial charge in [-0.05, 0) is 56.9 Å². The summed E-state index contributed by atoms with van der Waals surface area (Å²) in [6.45, 7) is 12.4. The molecule has 0 spiro atoms. The van der Waals surface area contributed by atoms with Gasteiger partial charge in [-0.2, -0.15) is 0 Å². The van der Waals surface area contributed by atoms with Gasteiger partial charge in [0.15, 0.2) is 0 Å². The van der Waals surface area contributed by atoms with Gasteiger partial charge >= 0.3 is 0 Å². The normalized spacial score (nSPS) is 19.9. The molecule has 0 aromatic carbocycles. The summed E-state index contributed by atoms with van der Waals surface area (Å²) in [7, 11) is 0. The van der Waals surface area contributed by atoms with Gasteiger partial charge in [0, 0.05) is 26.2 Å². The van der Waals surface area contributed by atoms with Gasteiger partial charge < -0.3 is 9.80 Å². The number of likely N-dealkylation sites (tertiary alicyclic amines) is 1. The zero-order valence-electron chi connectivity index (χ0n) is 16.9. The maximum atomic E-state index is 13.2. The number of hydrogen-bond acceptors (Lipinski definition) is 5. The number of aryl methyl sites for hydroxylation is 2. The SMILES string of the molecule is Cc1nc(N2CCC(C)CC2)c2c(C)c(C(=O)N3CCC(C)CC3)sc2n1. The molecule has 2 saturated heterocycles. The van der Waals surface area contributed by atoms with Gasteiger partial charge in [-0.3, -0.25) is 4.79 Å². The van der Waals surface area contributed by atoms with E-state index in [1.54, 1.807) is 11.3 Å². The number of amides is 1. The fourth-order valence-corrected chi connectivity index (χ4v) is 5.42. The Morgan fingerprint density at radius 1 is 0.963 bits per heavy atom. The molecule has 27 heavy (non-hydrogen) atoms. The molecule has 0 saturated carbocycles. The second-order valence-corrected chi connectivity index (χ2v) is 9.47. The van der Waals surface area contributed by atoms with Crippen LogP contribution in [0.1, 0.15) is 60.6 Å². The number of anilines is 1. The Morgan fingerprint density at radius 2 is 1.56 bits per heavy atom. The van der Waals surface area contributed by atoms with Crippen LogP contribution < -0.4 is 4.90 Å². The van der Waals surface area contributed by atoms with E-state index in [-0.39, 0.29) is 5.91 Å². The van der Waals surface area contributed by atoms with E-state index < -0.39 is 0 Å². The molecule has 0 radical (unpaired) electrons. The summed E-state index contributed by atoms with van der Waals surface area (Å²) in [6, 6.07) is 0. The van der Waals surface area contributed by atoms with Crippen molar-refractivity contribution in [1.82, 2.24) is 14.9 Å². The third-order valence-corrected chi connectivity index (χ3v) is 7.40. The quantitative estimate of drug-likeness (QED) is 0.767. The minimum atomic E-state index is 0.179. The van der Waals surface area contributed by atoms with Crippen molar-refractivity contribution in [3.63, 3.8) is 0 Å². The van der Waals surface area contributed by atoms with E-state index in [1.807, 2.05) is 11.8 Å². The smallest absolute Gasteiger partial charge is 0.264 e. The van der Waals surface area contributed by atoms with Crippen molar-refractivity contribution in [2.75, 3.05) is 31.1 Å². The third kappa shape index (κ3) is 3.56. The van der Waals surface area contributed by atoms with E-state index >= 15 is 0 Å². The van der Waals surface area contributed by atoms with Gasteiger partial charge in [-0.15, -0.1) is 11.3 Å². The fraction of sp³-hybridized carbons (Fsp3) is 0.667. The first-order valence-electron chi connectivity index (χ1n) is 10.3. The Balaban J connectivity index is 1.71. The van der Waals surface area contributed by atoms with Crippen LogP contribution in [-0.4, -0.2) is 47.0 Å². The minimum Gasteiger partial charge on any atom is -0.356 e. The monoisotopic (exact) mass is 386 g/mol. The molecule has 2 fully saturated rings. The Hall–Kier alpha value is -1.69. The van der Waals surface area contributed by atoms with Crippen molar-refractivity contribution in [2.45, 2.75) is 53.4 Å². The molecule has 4 rings (SSSR count). The first kappa shape index (κ1) is 18.7. The summed E-state index contributed by atoms with van der Waals surface area (Å²) in [5.74, 6) is 3.51. The number of carbonyl (C=O) groups is 1. The average Bonchev–Trinajstić information content (AvgIpc) is 2.98. The van der Waals surface area contributed by atoms with Gasteiger partial charge in [0.1, 0.15) is 16.5 Å². The lowest BCUT2D eigenvalue weighted by Crippen LogP contribution is -2.37. The van der Waals surface area contributed by atoms with Crippen molar-refractivity contribution in [2.24, 2.45) is 11.8 Å². The van der Waals surface area contributed by atoms with E-state index in [2.05, 4.69) is 30.7 Å². The highest BCUT2D eigenvalue weighted by Gasteiger charge is 2.28. The minimum absolute atomic E-state index is 0.179. The summed E-state index contributed by atoms with van der Waals surface area (Å²) in [4.78, 5) is 28.9. The van der Waals surface area contributed by atoms with Gasteiger partial charge in [0.2, 0.25) is 0 Å². The van der Waals surface area contributed by atoms with E-state index in [0.717, 1.165) is 83.2 Å². The molecule has 6 heteroatoms. The van der Waals surface area contributed by atoms with Crippen molar-refractivity contribution >= 4 is 33.3 Å². The molecule has 5 nitrogen and oxygen atoms in total. The number of rotatable bonds is 2. The van der Waals surface area contributed by atoms with Crippen LogP contribution in [0.25, 0.3) is 10.2 Å². The number of piperidine rings is 2. The molecule has 0 aliphatic carbocycles. The number of hydrogen-bond donors (Lipinski definition) is 0. The van der Waals surface area contributed by atoms with Crippen molar-refractivity contribution in [1.29, 1.82) is 0 Å². The first-order valence-corrected chi connectivity index (χ1v) is 11.1. The third-order valence-electron chi connectivity index (χ3n) is 6.23. The predicted molar refractivity (Wildman–Crippen MR) is 112 cm³/mol. The van der Waals surface area contributed by atoms with Gasteiger partial charge in [-0.1, -0.05) is 13.8 Å². The highest BCUT2D eigenvalue weighted by Crippen LogP contribution is 2.37. The van der Waals surface area contributed by atoms with Crippen LogP contribution in [0.3, 0.4) is 0 Å². The Labute approximate surface area is 165 Å². The molecule has 2 aromatic rings. The van der Waals surface area contributed by atoms with Crippen LogP contribution in [-0.2, 0) is 0 Å². The number of fused-ring (bicyclic) bond motifs is 1. The summed E-state index contributed by atoms with van der Waals surface area (Å²) >= 11 is 1.55. The molecule has 0 N–H and O–H groups in total. The number of nitrogens with zero attached hydrogens (tertiary/aromatic N) is 4. The van der Waals surface area contributed by atoms with E-state index in [4.69, 9.17) is 4.98 Å². The molecule has 0 bridgehead atoms. The topological polar surface area (TPSA) is 49.3 Å². The lowest BCUT2D eigenvalue weighted by atomic mass is 9.98. The largest absolute Gasteiger partial charge is 0.356 e. The predicted octanol–water partition coefficient (Wildman–Crippen LogP) is 4.42. The number of thiophene rings is 1. The fourth-order valence-electron chi connectivity index (χ4n) is 4.23. The first-order chi connectivity index (χ1) is 12.9. The Morgan fingerprint density at radius 3 is 2.19 bits per heavy atom. The highest BCUT2D eigenvalue weighted by molar-refractivity contribution is 7.20. The van der Waals surface area contributed by atoms with Crippen LogP contribution in [0.5, 0.6) is 0 Å². The van der Waals surface area contributed by atoms with Crippen LogP contribution in [0.4, 0.5) is 5.82 Å². The zero-order valence-corrected chi connectivity index (χ0v) is 17.7. The summed E-state index contributed by atoms with van der Waals surface area (Å²) in [5, 5.41) is 1.09. The van der Waals surface area contributed by atoms with Crippen LogP contribution >= 0.6 is 11.3 Å². The van der Waals surface area contributed by atoms with E-state index in [0.29, 0.717) is 0 Å².